The van der Waals surface area contributed by atoms with Crippen LogP contribution in [0.15, 0.2) is 48.8 Å². The molecule has 2 aromatic carbocycles. The maximum absolute atomic E-state index is 13.1. The average Bonchev–Trinajstić information content (AvgIpc) is 3.34. The minimum atomic E-state index is -0.000675. The van der Waals surface area contributed by atoms with Gasteiger partial charge in [-0.05, 0) is 30.7 Å². The van der Waals surface area contributed by atoms with Gasteiger partial charge in [0.2, 0.25) is 0 Å². The van der Waals surface area contributed by atoms with Crippen LogP contribution < -0.4 is 9.47 Å². The molecule has 0 radical (unpaired) electrons. The second-order valence-corrected chi connectivity index (χ2v) is 6.66. The molecule has 1 amide bonds. The van der Waals surface area contributed by atoms with Crippen LogP contribution in [0.1, 0.15) is 22.8 Å². The van der Waals surface area contributed by atoms with E-state index in [0.29, 0.717) is 36.8 Å². The maximum atomic E-state index is 13.1. The summed E-state index contributed by atoms with van der Waals surface area (Å²) in [4.78, 5) is 19.4. The lowest BCUT2D eigenvalue weighted by molar-refractivity contribution is 0.0777. The van der Waals surface area contributed by atoms with Crippen LogP contribution in [0.4, 0.5) is 0 Å². The lowest BCUT2D eigenvalue weighted by Gasteiger charge is -2.23. The lowest BCUT2D eigenvalue weighted by Crippen LogP contribution is -2.30. The zero-order valence-corrected chi connectivity index (χ0v) is 14.3. The Kier molecular flexibility index (Phi) is 3.55. The number of hydrogen-bond donors (Lipinski definition) is 0. The second-order valence-electron chi connectivity index (χ2n) is 6.66. The molecule has 0 spiro atoms. The van der Waals surface area contributed by atoms with Crippen LogP contribution in [0.25, 0.3) is 11.0 Å². The molecule has 0 unspecified atom stereocenters. The highest BCUT2D eigenvalue weighted by Crippen LogP contribution is 2.35. The topological polar surface area (TPSA) is 56.6 Å². The Hall–Kier alpha value is -3.02. The van der Waals surface area contributed by atoms with Gasteiger partial charge < -0.3 is 18.9 Å². The van der Waals surface area contributed by atoms with Gasteiger partial charge in [0.05, 0.1) is 29.0 Å². The molecule has 132 valence electrons. The number of carbonyl (C=O) groups is 1. The molecule has 0 bridgehead atoms. The number of likely N-dealkylation sites (tertiary alicyclic amines) is 1. The third kappa shape index (κ3) is 2.41. The average molecular weight is 349 g/mol. The number of aromatic nitrogens is 2. The van der Waals surface area contributed by atoms with E-state index < -0.39 is 0 Å². The highest BCUT2D eigenvalue weighted by Gasteiger charge is 2.31. The Bertz CT molecular complexity index is 981. The van der Waals surface area contributed by atoms with Crippen molar-refractivity contribution in [2.75, 3.05) is 26.3 Å². The van der Waals surface area contributed by atoms with E-state index in [2.05, 4.69) is 15.6 Å². The molecule has 3 aromatic rings. The molecule has 0 aliphatic carbocycles. The summed E-state index contributed by atoms with van der Waals surface area (Å²) in [7, 11) is 0. The number of rotatable bonds is 2. The van der Waals surface area contributed by atoms with E-state index in [1.54, 1.807) is 0 Å². The molecule has 1 aromatic heterocycles. The number of para-hydroxylation sites is 3. The Labute approximate surface area is 151 Å². The molecular formula is C20H19N3O3. The first-order valence-corrected chi connectivity index (χ1v) is 8.91. The summed E-state index contributed by atoms with van der Waals surface area (Å²) in [6.45, 7) is 2.38. The van der Waals surface area contributed by atoms with Gasteiger partial charge in [0, 0.05) is 13.1 Å². The van der Waals surface area contributed by atoms with Crippen LogP contribution in [0.3, 0.4) is 0 Å². The molecule has 0 N–H and O–H groups in total. The first-order chi connectivity index (χ1) is 12.8. The quantitative estimate of drug-likeness (QED) is 0.714. The number of nitrogens with zero attached hydrogens (tertiary/aromatic N) is 3. The van der Waals surface area contributed by atoms with Gasteiger partial charge in [-0.1, -0.05) is 18.2 Å². The van der Waals surface area contributed by atoms with Gasteiger partial charge in [-0.3, -0.25) is 4.79 Å². The molecule has 1 fully saturated rings. The molecule has 26 heavy (non-hydrogen) atoms. The van der Waals surface area contributed by atoms with Crippen molar-refractivity contribution in [1.82, 2.24) is 14.5 Å². The lowest BCUT2D eigenvalue weighted by atomic mass is 10.1. The SMILES string of the molecule is O=C(c1cccc2c1OCCO2)N1CC[C@H](n2cnc3ccccc32)C1. The summed E-state index contributed by atoms with van der Waals surface area (Å²) >= 11 is 0. The van der Waals surface area contributed by atoms with Gasteiger partial charge in [0.15, 0.2) is 11.5 Å². The second kappa shape index (κ2) is 6.05. The Morgan fingerprint density at radius 3 is 2.92 bits per heavy atom. The van der Waals surface area contributed by atoms with Gasteiger partial charge in [-0.2, -0.15) is 0 Å². The van der Waals surface area contributed by atoms with Gasteiger partial charge in [-0.15, -0.1) is 0 Å². The van der Waals surface area contributed by atoms with E-state index in [-0.39, 0.29) is 11.9 Å². The molecule has 5 rings (SSSR count). The molecule has 6 nitrogen and oxygen atoms in total. The van der Waals surface area contributed by atoms with Gasteiger partial charge >= 0.3 is 0 Å². The molecule has 2 aliphatic rings. The van der Waals surface area contributed by atoms with Gasteiger partial charge in [0.1, 0.15) is 13.2 Å². The maximum Gasteiger partial charge on any atom is 0.257 e. The van der Waals surface area contributed by atoms with Crippen LogP contribution in [-0.4, -0.2) is 46.7 Å². The number of amides is 1. The van der Waals surface area contributed by atoms with Crippen molar-refractivity contribution in [3.05, 3.63) is 54.4 Å². The monoisotopic (exact) mass is 349 g/mol. The normalized spacial score (nSPS) is 19.1. The number of benzene rings is 2. The fourth-order valence-corrected chi connectivity index (χ4v) is 3.84. The first kappa shape index (κ1) is 15.3. The third-order valence-corrected chi connectivity index (χ3v) is 5.12. The minimum absolute atomic E-state index is 0.000675. The van der Waals surface area contributed by atoms with Crippen LogP contribution in [-0.2, 0) is 0 Å². The summed E-state index contributed by atoms with van der Waals surface area (Å²) in [5, 5.41) is 0. The van der Waals surface area contributed by atoms with Crippen LogP contribution in [0.5, 0.6) is 11.5 Å². The summed E-state index contributed by atoms with van der Waals surface area (Å²) < 4.78 is 13.5. The molecule has 1 saturated heterocycles. The van der Waals surface area contributed by atoms with Crippen LogP contribution >= 0.6 is 0 Å². The minimum Gasteiger partial charge on any atom is -0.486 e. The predicted octanol–water partition coefficient (Wildman–Crippen LogP) is 2.89. The molecule has 1 atom stereocenters. The van der Waals surface area contributed by atoms with E-state index in [0.717, 1.165) is 24.0 Å². The van der Waals surface area contributed by atoms with Crippen molar-refractivity contribution >= 4 is 16.9 Å². The smallest absolute Gasteiger partial charge is 0.257 e. The largest absolute Gasteiger partial charge is 0.486 e. The fraction of sp³-hybridized carbons (Fsp3) is 0.300. The van der Waals surface area contributed by atoms with E-state index in [1.165, 1.54) is 0 Å². The van der Waals surface area contributed by atoms with Gasteiger partial charge in [-0.25, -0.2) is 4.98 Å². The molecular weight excluding hydrogens is 330 g/mol. The van der Waals surface area contributed by atoms with Crippen molar-refractivity contribution in [1.29, 1.82) is 0 Å². The number of hydrogen-bond acceptors (Lipinski definition) is 4. The Morgan fingerprint density at radius 1 is 1.08 bits per heavy atom. The molecule has 3 heterocycles. The summed E-state index contributed by atoms with van der Waals surface area (Å²) in [6, 6.07) is 13.8. The summed E-state index contributed by atoms with van der Waals surface area (Å²) in [6.07, 6.45) is 2.79. The summed E-state index contributed by atoms with van der Waals surface area (Å²) in [5.41, 5.74) is 2.68. The standard InChI is InChI=1S/C20H19N3O3/c24-20(15-4-3-7-18-19(15)26-11-10-25-18)22-9-8-14(12-22)23-13-21-16-5-1-2-6-17(16)23/h1-7,13-14H,8-12H2/t14-/m0/s1. The number of fused-ring (bicyclic) bond motifs is 2. The zero-order chi connectivity index (χ0) is 17.5. The van der Waals surface area contributed by atoms with Crippen molar-refractivity contribution in [3.63, 3.8) is 0 Å². The number of imidazole rings is 1. The van der Waals surface area contributed by atoms with E-state index in [9.17, 15) is 4.79 Å². The first-order valence-electron chi connectivity index (χ1n) is 8.91. The van der Waals surface area contributed by atoms with Crippen molar-refractivity contribution in [3.8, 4) is 11.5 Å². The number of ether oxygens (including phenoxy) is 2. The molecule has 0 saturated carbocycles. The summed E-state index contributed by atoms with van der Waals surface area (Å²) in [5.74, 6) is 1.22. The zero-order valence-electron chi connectivity index (χ0n) is 14.3. The van der Waals surface area contributed by atoms with Gasteiger partial charge in [0.25, 0.3) is 5.91 Å². The van der Waals surface area contributed by atoms with E-state index in [1.807, 2.05) is 47.6 Å². The Balaban J connectivity index is 1.40. The van der Waals surface area contributed by atoms with Crippen LogP contribution in [0.2, 0.25) is 0 Å². The van der Waals surface area contributed by atoms with Crippen LogP contribution in [0, 0.1) is 0 Å². The predicted molar refractivity (Wildman–Crippen MR) is 96.7 cm³/mol. The van der Waals surface area contributed by atoms with E-state index >= 15 is 0 Å². The van der Waals surface area contributed by atoms with Crippen molar-refractivity contribution in [2.24, 2.45) is 0 Å². The molecule has 2 aliphatic heterocycles. The highest BCUT2D eigenvalue weighted by molar-refractivity contribution is 5.98. The highest BCUT2D eigenvalue weighted by atomic mass is 16.6. The number of carbonyl (C=O) groups excluding carboxylic acids is 1. The molecule has 6 heteroatoms. The van der Waals surface area contributed by atoms with E-state index in [4.69, 9.17) is 9.47 Å². The fourth-order valence-electron chi connectivity index (χ4n) is 3.84. The Morgan fingerprint density at radius 2 is 1.96 bits per heavy atom. The van der Waals surface area contributed by atoms with Crippen molar-refractivity contribution in [2.45, 2.75) is 12.5 Å². The van der Waals surface area contributed by atoms with Crippen molar-refractivity contribution < 1.29 is 14.3 Å². The third-order valence-electron chi connectivity index (χ3n) is 5.12.